The number of aromatic carboxylic acids is 1. The number of benzene rings is 2. The number of carbonyl (C=O) groups is 1. The average molecular weight is 447 g/mol. The molecule has 2 atom stereocenters. The van der Waals surface area contributed by atoms with E-state index in [1.807, 2.05) is 0 Å². The van der Waals surface area contributed by atoms with Gasteiger partial charge < -0.3 is 14.7 Å². The van der Waals surface area contributed by atoms with Crippen LogP contribution in [0.25, 0.3) is 0 Å². The summed E-state index contributed by atoms with van der Waals surface area (Å²) in [4.78, 5) is 12.7. The Morgan fingerprint density at radius 2 is 1.81 bits per heavy atom. The minimum atomic E-state index is -4.46. The number of carboxylic acid groups (broad SMARTS) is 1. The number of anilines is 1. The van der Waals surface area contributed by atoms with Crippen molar-refractivity contribution in [1.29, 1.82) is 0 Å². The van der Waals surface area contributed by atoms with Gasteiger partial charge in [-0.1, -0.05) is 12.1 Å². The van der Waals surface area contributed by atoms with Gasteiger partial charge in [-0.2, -0.15) is 22.0 Å². The van der Waals surface area contributed by atoms with Crippen molar-refractivity contribution in [3.63, 3.8) is 0 Å². The number of rotatable bonds is 6. The first-order valence-electron chi connectivity index (χ1n) is 9.42. The van der Waals surface area contributed by atoms with Gasteiger partial charge in [0.05, 0.1) is 23.8 Å². The first-order chi connectivity index (χ1) is 14.6. The van der Waals surface area contributed by atoms with Crippen LogP contribution in [0.15, 0.2) is 42.5 Å². The molecule has 1 aliphatic heterocycles. The summed E-state index contributed by atoms with van der Waals surface area (Å²) >= 11 is 0. The van der Waals surface area contributed by atoms with Crippen molar-refractivity contribution in [1.82, 2.24) is 0 Å². The molecule has 1 heterocycles. The fourth-order valence-electron chi connectivity index (χ4n) is 3.77. The molecule has 31 heavy (non-hydrogen) atoms. The summed E-state index contributed by atoms with van der Waals surface area (Å²) in [5.74, 6) is -2.65. The standard InChI is InChI=1S/C21H19F6NO3/c22-18-9-15(7-8-17(18)19(29)30)28-10-13(3-6-16(28)11-31-20(23)24)12-1-4-14(5-2-12)21(25,26)27/h1-2,4-5,7-9,13,16,20H,3,6,10-11H2,(H,29,30)/t13-,16-/m0/s1. The van der Waals surface area contributed by atoms with Gasteiger partial charge in [0, 0.05) is 18.2 Å². The lowest BCUT2D eigenvalue weighted by molar-refractivity contribution is -0.137. The Morgan fingerprint density at radius 1 is 1.13 bits per heavy atom. The molecule has 0 aliphatic carbocycles. The van der Waals surface area contributed by atoms with Crippen molar-refractivity contribution in [2.45, 2.75) is 37.6 Å². The Hall–Kier alpha value is -2.75. The van der Waals surface area contributed by atoms with E-state index in [1.165, 1.54) is 18.2 Å². The van der Waals surface area contributed by atoms with Crippen LogP contribution in [-0.4, -0.2) is 36.9 Å². The predicted molar refractivity (Wildman–Crippen MR) is 99.9 cm³/mol. The molecule has 10 heteroatoms. The van der Waals surface area contributed by atoms with Gasteiger partial charge in [-0.25, -0.2) is 9.18 Å². The van der Waals surface area contributed by atoms with Gasteiger partial charge in [-0.05, 0) is 48.7 Å². The van der Waals surface area contributed by atoms with Gasteiger partial charge in [0.15, 0.2) is 0 Å². The molecule has 2 aromatic rings. The molecular weight excluding hydrogens is 428 g/mol. The summed E-state index contributed by atoms with van der Waals surface area (Å²) in [6.45, 7) is -3.10. The highest BCUT2D eigenvalue weighted by atomic mass is 19.4. The molecule has 0 unspecified atom stereocenters. The van der Waals surface area contributed by atoms with Crippen LogP contribution in [0.3, 0.4) is 0 Å². The predicted octanol–water partition coefficient (Wildman–Crippen LogP) is 5.53. The fourth-order valence-corrected chi connectivity index (χ4v) is 3.77. The number of carboxylic acids is 1. The fraction of sp³-hybridized carbons (Fsp3) is 0.381. The number of nitrogens with zero attached hydrogens (tertiary/aromatic N) is 1. The van der Waals surface area contributed by atoms with Crippen molar-refractivity contribution < 1.29 is 41.0 Å². The molecule has 0 aromatic heterocycles. The summed E-state index contributed by atoms with van der Waals surface area (Å²) in [6, 6.07) is 7.63. The van der Waals surface area contributed by atoms with E-state index in [4.69, 9.17) is 5.11 Å². The molecule has 1 N–H and O–H groups in total. The van der Waals surface area contributed by atoms with Crippen molar-refractivity contribution in [2.75, 3.05) is 18.1 Å². The lowest BCUT2D eigenvalue weighted by Gasteiger charge is -2.41. The second-order valence-corrected chi connectivity index (χ2v) is 7.26. The third-order valence-electron chi connectivity index (χ3n) is 5.34. The normalized spacial score (nSPS) is 19.6. The van der Waals surface area contributed by atoms with Crippen LogP contribution in [0.1, 0.15) is 40.2 Å². The van der Waals surface area contributed by atoms with Crippen LogP contribution < -0.4 is 4.90 Å². The molecule has 1 saturated heterocycles. The largest absolute Gasteiger partial charge is 0.478 e. The van der Waals surface area contributed by atoms with E-state index in [0.29, 0.717) is 18.4 Å². The molecular formula is C21H19F6NO3. The Kier molecular flexibility index (Phi) is 6.78. The van der Waals surface area contributed by atoms with Crippen molar-refractivity contribution in [3.8, 4) is 0 Å². The zero-order chi connectivity index (χ0) is 22.8. The number of hydrogen-bond acceptors (Lipinski definition) is 3. The lowest BCUT2D eigenvalue weighted by atomic mass is 9.86. The molecule has 168 valence electrons. The summed E-state index contributed by atoms with van der Waals surface area (Å²) in [6.07, 6.45) is -3.58. The Balaban J connectivity index is 1.86. The summed E-state index contributed by atoms with van der Waals surface area (Å²) in [7, 11) is 0. The number of ether oxygens (including phenoxy) is 1. The molecule has 0 bridgehead atoms. The van der Waals surface area contributed by atoms with Gasteiger partial charge in [-0.3, -0.25) is 0 Å². The van der Waals surface area contributed by atoms with Gasteiger partial charge in [0.25, 0.3) is 0 Å². The molecule has 2 aromatic carbocycles. The maximum Gasteiger partial charge on any atom is 0.416 e. The molecule has 0 saturated carbocycles. The second-order valence-electron chi connectivity index (χ2n) is 7.26. The number of halogens is 6. The maximum absolute atomic E-state index is 14.2. The van der Waals surface area contributed by atoms with E-state index in [2.05, 4.69) is 4.74 Å². The minimum absolute atomic E-state index is 0.217. The topological polar surface area (TPSA) is 49.8 Å². The van der Waals surface area contributed by atoms with Gasteiger partial charge in [-0.15, -0.1) is 0 Å². The third-order valence-corrected chi connectivity index (χ3v) is 5.34. The quantitative estimate of drug-likeness (QED) is 0.592. The SMILES string of the molecule is O=C(O)c1ccc(N2C[C@@H](c3ccc(C(F)(F)F)cc3)CC[C@H]2COC(F)F)cc1F. The number of alkyl halides is 5. The Labute approximate surface area is 174 Å². The lowest BCUT2D eigenvalue weighted by Crippen LogP contribution is -2.45. The van der Waals surface area contributed by atoms with Crippen molar-refractivity contribution in [3.05, 3.63) is 65.0 Å². The zero-order valence-corrected chi connectivity index (χ0v) is 16.1. The maximum atomic E-state index is 14.2. The Morgan fingerprint density at radius 3 is 2.35 bits per heavy atom. The summed E-state index contributed by atoms with van der Waals surface area (Å²) < 4.78 is 82.2. The second kappa shape index (κ2) is 9.17. The monoisotopic (exact) mass is 447 g/mol. The Bertz CT molecular complexity index is 916. The van der Waals surface area contributed by atoms with Crippen LogP contribution >= 0.6 is 0 Å². The van der Waals surface area contributed by atoms with Gasteiger partial charge in [0.2, 0.25) is 0 Å². The highest BCUT2D eigenvalue weighted by Gasteiger charge is 2.33. The first kappa shape index (κ1) is 22.9. The summed E-state index contributed by atoms with van der Waals surface area (Å²) in [5, 5.41) is 9.00. The van der Waals surface area contributed by atoms with E-state index in [9.17, 15) is 31.1 Å². The first-order valence-corrected chi connectivity index (χ1v) is 9.42. The van der Waals surface area contributed by atoms with Crippen LogP contribution in [0, 0.1) is 5.82 Å². The summed E-state index contributed by atoms with van der Waals surface area (Å²) in [5.41, 5.74) is -0.394. The van der Waals surface area contributed by atoms with E-state index in [1.54, 1.807) is 4.90 Å². The van der Waals surface area contributed by atoms with Crippen molar-refractivity contribution >= 4 is 11.7 Å². The molecule has 1 aliphatic rings. The minimum Gasteiger partial charge on any atom is -0.478 e. The zero-order valence-electron chi connectivity index (χ0n) is 16.1. The average Bonchev–Trinajstić information content (AvgIpc) is 2.71. The third kappa shape index (κ3) is 5.49. The van der Waals surface area contributed by atoms with E-state index in [-0.39, 0.29) is 24.8 Å². The van der Waals surface area contributed by atoms with Crippen LogP contribution in [-0.2, 0) is 10.9 Å². The molecule has 0 spiro atoms. The van der Waals surface area contributed by atoms with E-state index < -0.39 is 41.7 Å². The molecule has 3 rings (SSSR count). The number of hydrogen-bond donors (Lipinski definition) is 1. The molecule has 1 fully saturated rings. The molecule has 0 radical (unpaired) electrons. The smallest absolute Gasteiger partial charge is 0.416 e. The number of piperidine rings is 1. The van der Waals surface area contributed by atoms with Crippen molar-refractivity contribution in [2.24, 2.45) is 0 Å². The van der Waals surface area contributed by atoms with Crippen LogP contribution in [0.5, 0.6) is 0 Å². The van der Waals surface area contributed by atoms with Crippen LogP contribution in [0.2, 0.25) is 0 Å². The highest BCUT2D eigenvalue weighted by molar-refractivity contribution is 5.88. The van der Waals surface area contributed by atoms with Crippen LogP contribution in [0.4, 0.5) is 32.0 Å². The van der Waals surface area contributed by atoms with E-state index >= 15 is 0 Å². The highest BCUT2D eigenvalue weighted by Crippen LogP contribution is 2.36. The molecule has 4 nitrogen and oxygen atoms in total. The van der Waals surface area contributed by atoms with Gasteiger partial charge in [0.1, 0.15) is 5.82 Å². The van der Waals surface area contributed by atoms with E-state index in [0.717, 1.165) is 24.3 Å². The van der Waals surface area contributed by atoms with Gasteiger partial charge >= 0.3 is 18.8 Å². The molecule has 0 amide bonds.